The predicted octanol–water partition coefficient (Wildman–Crippen LogP) is 6.67. The number of imidazole rings is 1. The van der Waals surface area contributed by atoms with Gasteiger partial charge in [-0.15, -0.1) is 0 Å². The minimum atomic E-state index is -0.777. The molecule has 4 aromatic heterocycles. The number of nitrogens with one attached hydrogen (secondary N) is 3. The summed E-state index contributed by atoms with van der Waals surface area (Å²) in [4.78, 5) is 16.4. The number of aliphatic hydroxyl groups excluding tert-OH is 1. The van der Waals surface area contributed by atoms with Gasteiger partial charge in [-0.05, 0) is 42.2 Å². The van der Waals surface area contributed by atoms with Gasteiger partial charge in [0, 0.05) is 34.6 Å². The first kappa shape index (κ1) is 25.6. The van der Waals surface area contributed by atoms with Crippen LogP contribution < -0.4 is 5.32 Å². The molecule has 0 bridgehead atoms. The number of hydrogen-bond donors (Lipinski definition) is 4. The number of aromatic amines is 2. The fraction of sp³-hybridized carbons (Fsp3) is 0.200. The van der Waals surface area contributed by atoms with Gasteiger partial charge >= 0.3 is 0 Å². The van der Waals surface area contributed by atoms with Crippen LogP contribution in [0.3, 0.4) is 0 Å². The van der Waals surface area contributed by atoms with Crippen LogP contribution >= 0.6 is 0 Å². The largest absolute Gasteiger partial charge is 0.374 e. The third-order valence-corrected chi connectivity index (χ3v) is 6.63. The molecule has 6 aromatic rings. The average Bonchev–Trinajstić information content (AvgIpc) is 3.53. The lowest BCUT2D eigenvalue weighted by atomic mass is 9.91. The summed E-state index contributed by atoms with van der Waals surface area (Å²) in [6, 6.07) is 13.3. The Hall–Kier alpha value is -4.70. The second-order valence-corrected chi connectivity index (χ2v) is 10.9. The van der Waals surface area contributed by atoms with Crippen LogP contribution in [0, 0.1) is 17.0 Å². The maximum Gasteiger partial charge on any atom is 0.161 e. The molecule has 0 saturated carbocycles. The Kier molecular flexibility index (Phi) is 6.26. The van der Waals surface area contributed by atoms with Crippen LogP contribution in [0.5, 0.6) is 0 Å². The van der Waals surface area contributed by atoms with Gasteiger partial charge in [0.15, 0.2) is 11.5 Å². The lowest BCUT2D eigenvalue weighted by molar-refractivity contribution is 0.145. The van der Waals surface area contributed by atoms with E-state index in [4.69, 9.17) is 0 Å². The maximum absolute atomic E-state index is 16.1. The molecule has 2 aromatic carbocycles. The summed E-state index contributed by atoms with van der Waals surface area (Å²) in [5, 5.41) is 20.9. The molecule has 1 atom stereocenters. The quantitative estimate of drug-likeness (QED) is 0.176. The van der Waals surface area contributed by atoms with Gasteiger partial charge in [0.2, 0.25) is 0 Å². The summed E-state index contributed by atoms with van der Waals surface area (Å²) in [5.74, 6) is -0.581. The number of pyridine rings is 2. The van der Waals surface area contributed by atoms with Crippen molar-refractivity contribution in [3.05, 3.63) is 78.8 Å². The molecule has 1 unspecified atom stereocenters. The Morgan fingerprint density at radius 2 is 1.82 bits per heavy atom. The van der Waals surface area contributed by atoms with Crippen molar-refractivity contribution >= 4 is 27.8 Å². The Morgan fingerprint density at radius 3 is 2.62 bits per heavy atom. The van der Waals surface area contributed by atoms with E-state index in [1.807, 2.05) is 20.8 Å². The van der Waals surface area contributed by atoms with E-state index in [1.54, 1.807) is 61.1 Å². The lowest BCUT2D eigenvalue weighted by Crippen LogP contribution is -2.25. The highest BCUT2D eigenvalue weighted by atomic mass is 19.1. The van der Waals surface area contributed by atoms with E-state index in [9.17, 15) is 9.50 Å². The van der Waals surface area contributed by atoms with Crippen molar-refractivity contribution in [2.24, 2.45) is 5.41 Å². The van der Waals surface area contributed by atoms with E-state index in [0.717, 1.165) is 0 Å². The highest BCUT2D eigenvalue weighted by Gasteiger charge is 2.22. The van der Waals surface area contributed by atoms with Crippen LogP contribution in [-0.2, 0) is 0 Å². The molecule has 0 fully saturated rings. The number of nitrogens with zero attached hydrogens (tertiary/aromatic N) is 4. The summed E-state index contributed by atoms with van der Waals surface area (Å²) in [6.07, 6.45) is 4.47. The third kappa shape index (κ3) is 4.77. The number of aliphatic hydroxyl groups is 1. The van der Waals surface area contributed by atoms with Crippen molar-refractivity contribution in [3.63, 3.8) is 0 Å². The van der Waals surface area contributed by atoms with Crippen LogP contribution in [0.1, 0.15) is 27.2 Å². The molecule has 4 heterocycles. The molecular formula is C30H27F2N7O. The number of fused-ring (bicyclic) bond motifs is 2. The van der Waals surface area contributed by atoms with Gasteiger partial charge in [-0.1, -0.05) is 39.0 Å². The molecule has 8 nitrogen and oxygen atoms in total. The van der Waals surface area contributed by atoms with Gasteiger partial charge in [0.25, 0.3) is 0 Å². The van der Waals surface area contributed by atoms with E-state index in [2.05, 4.69) is 35.5 Å². The smallest absolute Gasteiger partial charge is 0.161 e. The highest BCUT2D eigenvalue weighted by molar-refractivity contribution is 5.98. The molecule has 4 N–H and O–H groups in total. The van der Waals surface area contributed by atoms with Crippen molar-refractivity contribution in [3.8, 4) is 33.8 Å². The first-order valence-corrected chi connectivity index (χ1v) is 12.8. The number of H-pyrrole nitrogens is 2. The second-order valence-electron chi connectivity index (χ2n) is 10.9. The van der Waals surface area contributed by atoms with Crippen molar-refractivity contribution < 1.29 is 13.9 Å². The molecule has 202 valence electrons. The van der Waals surface area contributed by atoms with Gasteiger partial charge in [-0.2, -0.15) is 5.10 Å². The molecule has 0 spiro atoms. The molecule has 6 rings (SSSR count). The third-order valence-electron chi connectivity index (χ3n) is 6.63. The number of rotatable bonds is 6. The first-order chi connectivity index (χ1) is 19.2. The van der Waals surface area contributed by atoms with Gasteiger partial charge in [0.1, 0.15) is 29.1 Å². The normalized spacial score (nSPS) is 12.8. The second kappa shape index (κ2) is 9.80. The molecule has 0 aliphatic heterocycles. The van der Waals surface area contributed by atoms with Gasteiger partial charge in [-0.3, -0.25) is 10.1 Å². The SMILES string of the molecule is CC(C)(C)CC(O)Nc1cncc(-c2ccc3[nH]nc(-c4nc5c(-c6ccccc6F)ccnc5[nH]4)c3c2F)c1. The topological polar surface area (TPSA) is 115 Å². The molecule has 0 radical (unpaired) electrons. The number of anilines is 1. The van der Waals surface area contributed by atoms with Crippen LogP contribution in [0.25, 0.3) is 55.8 Å². The molecular weight excluding hydrogens is 512 g/mol. The van der Waals surface area contributed by atoms with Crippen molar-refractivity contribution in [1.29, 1.82) is 0 Å². The van der Waals surface area contributed by atoms with Crippen LogP contribution in [0.15, 0.2) is 67.1 Å². The molecule has 10 heteroatoms. The fourth-order valence-corrected chi connectivity index (χ4v) is 4.88. The number of hydrogen-bond acceptors (Lipinski definition) is 6. The van der Waals surface area contributed by atoms with E-state index >= 15 is 4.39 Å². The summed E-state index contributed by atoms with van der Waals surface area (Å²) < 4.78 is 30.7. The summed E-state index contributed by atoms with van der Waals surface area (Å²) >= 11 is 0. The Balaban J connectivity index is 1.41. The standard InChI is InChI=1S/C30H27F2N7O/c1-30(2,3)13-23(40)35-17-12-16(14-33-15-17)18-8-9-22-24(25(18)32)27(39-38-22)29-36-26-20(10-11-34-28(26)37-29)19-6-4-5-7-21(19)31/h4-12,14-15,23,35,40H,13H2,1-3H3,(H,38,39)(H,34,36,37). The van der Waals surface area contributed by atoms with Crippen molar-refractivity contribution in [2.45, 2.75) is 33.4 Å². The minimum Gasteiger partial charge on any atom is -0.374 e. The Bertz CT molecular complexity index is 1850. The lowest BCUT2D eigenvalue weighted by Gasteiger charge is -2.23. The first-order valence-electron chi connectivity index (χ1n) is 12.8. The van der Waals surface area contributed by atoms with E-state index in [-0.39, 0.29) is 22.3 Å². The van der Waals surface area contributed by atoms with Crippen molar-refractivity contribution in [2.75, 3.05) is 5.32 Å². The summed E-state index contributed by atoms with van der Waals surface area (Å²) in [7, 11) is 0. The monoisotopic (exact) mass is 539 g/mol. The average molecular weight is 540 g/mol. The summed E-state index contributed by atoms with van der Waals surface area (Å²) in [6.45, 7) is 6.12. The summed E-state index contributed by atoms with van der Waals surface area (Å²) in [5.41, 5.74) is 3.95. The zero-order valence-electron chi connectivity index (χ0n) is 22.1. The van der Waals surface area contributed by atoms with Crippen LogP contribution in [-0.4, -0.2) is 41.5 Å². The van der Waals surface area contributed by atoms with Gasteiger partial charge in [0.05, 0.1) is 22.8 Å². The highest BCUT2D eigenvalue weighted by Crippen LogP contribution is 2.36. The molecule has 0 saturated heterocycles. The molecule has 40 heavy (non-hydrogen) atoms. The van der Waals surface area contributed by atoms with Crippen LogP contribution in [0.4, 0.5) is 14.5 Å². The zero-order valence-corrected chi connectivity index (χ0v) is 22.1. The predicted molar refractivity (Wildman–Crippen MR) is 151 cm³/mol. The zero-order chi connectivity index (χ0) is 28.0. The Labute approximate surface area is 228 Å². The van der Waals surface area contributed by atoms with Crippen LogP contribution in [0.2, 0.25) is 0 Å². The van der Waals surface area contributed by atoms with E-state index in [1.165, 1.54) is 6.07 Å². The molecule has 0 amide bonds. The maximum atomic E-state index is 16.1. The van der Waals surface area contributed by atoms with Gasteiger partial charge < -0.3 is 15.4 Å². The van der Waals surface area contributed by atoms with E-state index in [0.29, 0.717) is 56.9 Å². The van der Waals surface area contributed by atoms with Crippen molar-refractivity contribution in [1.82, 2.24) is 30.1 Å². The van der Waals surface area contributed by atoms with Gasteiger partial charge in [-0.25, -0.2) is 18.7 Å². The molecule has 0 aliphatic rings. The fourth-order valence-electron chi connectivity index (χ4n) is 4.88. The molecule has 0 aliphatic carbocycles. The number of halogens is 2. The van der Waals surface area contributed by atoms with E-state index < -0.39 is 12.0 Å². The number of benzene rings is 2. The number of aromatic nitrogens is 6. The minimum absolute atomic E-state index is 0.0749. The Morgan fingerprint density at radius 1 is 1.00 bits per heavy atom.